The van der Waals surface area contributed by atoms with Crippen LogP contribution in [0, 0.1) is 5.82 Å². The van der Waals surface area contributed by atoms with Crippen LogP contribution in [0.1, 0.15) is 29.5 Å². The number of hydrogen-bond donors (Lipinski definition) is 1. The quantitative estimate of drug-likeness (QED) is 0.708. The molecule has 3 rings (SSSR count). The number of halogens is 3. The summed E-state index contributed by atoms with van der Waals surface area (Å²) >= 11 is 11.9. The Kier molecular flexibility index (Phi) is 4.73. The number of hydrogen-bond acceptors (Lipinski definition) is 2. The summed E-state index contributed by atoms with van der Waals surface area (Å²) in [6, 6.07) is 7.62. The van der Waals surface area contributed by atoms with Crippen molar-refractivity contribution in [2.45, 2.75) is 19.8 Å². The van der Waals surface area contributed by atoms with Gasteiger partial charge in [-0.05, 0) is 36.8 Å². The Balaban J connectivity index is 2.04. The first-order chi connectivity index (χ1) is 11.5. The maximum absolute atomic E-state index is 13.6. The lowest BCUT2D eigenvalue weighted by Crippen LogP contribution is -2.16. The number of carbonyl (C=O) groups is 1. The minimum atomic E-state index is -0.442. The Morgan fingerprint density at radius 3 is 2.62 bits per heavy atom. The Hall–Kier alpha value is -2.11. The van der Waals surface area contributed by atoms with Crippen LogP contribution >= 0.6 is 23.2 Å². The number of amides is 1. The predicted molar refractivity (Wildman–Crippen MR) is 93.6 cm³/mol. The van der Waals surface area contributed by atoms with Crippen molar-refractivity contribution < 1.29 is 9.18 Å². The van der Waals surface area contributed by atoms with Gasteiger partial charge in [0.1, 0.15) is 17.2 Å². The van der Waals surface area contributed by atoms with Crippen molar-refractivity contribution in [1.82, 2.24) is 9.38 Å². The fourth-order valence-electron chi connectivity index (χ4n) is 2.54. The van der Waals surface area contributed by atoms with Crippen LogP contribution in [-0.4, -0.2) is 15.3 Å². The number of aryl methyl sites for hydroxylation is 1. The first kappa shape index (κ1) is 16.7. The van der Waals surface area contributed by atoms with E-state index in [0.29, 0.717) is 39.2 Å². The lowest BCUT2D eigenvalue weighted by Gasteiger charge is -2.08. The normalized spacial score (nSPS) is 11.0. The van der Waals surface area contributed by atoms with Crippen molar-refractivity contribution in [3.63, 3.8) is 0 Å². The number of benzene rings is 1. The lowest BCUT2D eigenvalue weighted by molar-refractivity contribution is 0.102. The van der Waals surface area contributed by atoms with Crippen LogP contribution in [-0.2, 0) is 6.42 Å². The zero-order valence-corrected chi connectivity index (χ0v) is 14.3. The van der Waals surface area contributed by atoms with E-state index in [-0.39, 0.29) is 0 Å². The highest BCUT2D eigenvalue weighted by Crippen LogP contribution is 2.24. The highest BCUT2D eigenvalue weighted by atomic mass is 35.5. The van der Waals surface area contributed by atoms with Gasteiger partial charge in [-0.25, -0.2) is 9.37 Å². The maximum atomic E-state index is 13.6. The maximum Gasteiger partial charge on any atom is 0.274 e. The molecule has 0 saturated carbocycles. The zero-order valence-electron chi connectivity index (χ0n) is 12.8. The van der Waals surface area contributed by atoms with Crippen molar-refractivity contribution in [2.24, 2.45) is 0 Å². The highest BCUT2D eigenvalue weighted by Gasteiger charge is 2.19. The predicted octanol–water partition coefficient (Wildman–Crippen LogP) is 4.99. The second-order valence-corrected chi connectivity index (χ2v) is 6.22. The third-order valence-corrected chi connectivity index (χ3v) is 3.91. The summed E-state index contributed by atoms with van der Waals surface area (Å²) in [7, 11) is 0. The Bertz CT molecular complexity index is 903. The van der Waals surface area contributed by atoms with E-state index >= 15 is 0 Å². The summed E-state index contributed by atoms with van der Waals surface area (Å²) in [4.78, 5) is 17.2. The van der Waals surface area contributed by atoms with E-state index in [2.05, 4.69) is 10.3 Å². The molecule has 24 heavy (non-hydrogen) atoms. The van der Waals surface area contributed by atoms with E-state index in [0.717, 1.165) is 6.42 Å². The molecule has 0 aliphatic rings. The van der Waals surface area contributed by atoms with Crippen molar-refractivity contribution in [2.75, 3.05) is 5.32 Å². The molecule has 0 atom stereocenters. The molecule has 124 valence electrons. The monoisotopic (exact) mass is 365 g/mol. The number of anilines is 1. The number of pyridine rings is 1. The molecule has 0 fully saturated rings. The zero-order chi connectivity index (χ0) is 17.3. The van der Waals surface area contributed by atoms with Crippen LogP contribution in [0.15, 0.2) is 36.5 Å². The second-order valence-electron chi connectivity index (χ2n) is 5.34. The molecule has 1 N–H and O–H groups in total. The van der Waals surface area contributed by atoms with Crippen molar-refractivity contribution >= 4 is 40.4 Å². The van der Waals surface area contributed by atoms with E-state index in [4.69, 9.17) is 23.2 Å². The van der Waals surface area contributed by atoms with Crippen LogP contribution < -0.4 is 5.32 Å². The average molecular weight is 366 g/mol. The van der Waals surface area contributed by atoms with Crippen molar-refractivity contribution in [3.8, 4) is 0 Å². The molecule has 0 saturated heterocycles. The van der Waals surface area contributed by atoms with Gasteiger partial charge in [0.2, 0.25) is 0 Å². The molecule has 4 nitrogen and oxygen atoms in total. The third kappa shape index (κ3) is 3.37. The topological polar surface area (TPSA) is 46.4 Å². The van der Waals surface area contributed by atoms with Gasteiger partial charge in [-0.15, -0.1) is 0 Å². The number of fused-ring (bicyclic) bond motifs is 1. The van der Waals surface area contributed by atoms with Gasteiger partial charge in [0.25, 0.3) is 5.91 Å². The largest absolute Gasteiger partial charge is 0.321 e. The molecular weight excluding hydrogens is 352 g/mol. The van der Waals surface area contributed by atoms with Gasteiger partial charge >= 0.3 is 0 Å². The number of nitrogens with zero attached hydrogens (tertiary/aromatic N) is 2. The summed E-state index contributed by atoms with van der Waals surface area (Å²) in [5.74, 6) is -0.835. The number of aromatic nitrogens is 2. The fraction of sp³-hybridized carbons (Fsp3) is 0.176. The first-order valence-corrected chi connectivity index (χ1v) is 8.17. The first-order valence-electron chi connectivity index (χ1n) is 7.42. The van der Waals surface area contributed by atoms with E-state index in [9.17, 15) is 9.18 Å². The van der Waals surface area contributed by atoms with Crippen LogP contribution in [0.2, 0.25) is 10.0 Å². The summed E-state index contributed by atoms with van der Waals surface area (Å²) in [6.45, 7) is 1.99. The van der Waals surface area contributed by atoms with Gasteiger partial charge in [-0.3, -0.25) is 9.20 Å². The van der Waals surface area contributed by atoms with Gasteiger partial charge < -0.3 is 5.32 Å². The number of rotatable bonds is 4. The molecule has 0 unspecified atom stereocenters. The van der Waals surface area contributed by atoms with Crippen LogP contribution in [0.3, 0.4) is 0 Å². The molecule has 0 spiro atoms. The van der Waals surface area contributed by atoms with Gasteiger partial charge in [-0.2, -0.15) is 0 Å². The number of imidazole rings is 1. The highest BCUT2D eigenvalue weighted by molar-refractivity contribution is 6.35. The molecule has 0 radical (unpaired) electrons. The SMILES string of the molecule is CCCc1nc2ccc(F)cn2c1C(=O)Nc1cc(Cl)cc(Cl)c1. The van der Waals surface area contributed by atoms with E-state index < -0.39 is 11.7 Å². The van der Waals surface area contributed by atoms with Gasteiger partial charge in [-0.1, -0.05) is 36.5 Å². The van der Waals surface area contributed by atoms with E-state index in [1.165, 1.54) is 16.7 Å². The lowest BCUT2D eigenvalue weighted by atomic mass is 10.2. The molecule has 2 aromatic heterocycles. The molecule has 0 aliphatic heterocycles. The van der Waals surface area contributed by atoms with E-state index in [1.54, 1.807) is 24.3 Å². The standard InChI is InChI=1S/C17H14Cl2FN3O/c1-2-3-14-16(23-9-12(20)4-5-15(23)22-14)17(24)21-13-7-10(18)6-11(19)8-13/h4-9H,2-3H2,1H3,(H,21,24). The molecule has 2 heterocycles. The van der Waals surface area contributed by atoms with Crippen LogP contribution in [0.4, 0.5) is 10.1 Å². The number of nitrogens with one attached hydrogen (secondary N) is 1. The molecule has 0 aliphatic carbocycles. The van der Waals surface area contributed by atoms with Crippen molar-refractivity contribution in [1.29, 1.82) is 0 Å². The summed E-state index contributed by atoms with van der Waals surface area (Å²) < 4.78 is 15.1. The van der Waals surface area contributed by atoms with Gasteiger partial charge in [0, 0.05) is 21.9 Å². The Morgan fingerprint density at radius 2 is 1.96 bits per heavy atom. The Morgan fingerprint density at radius 1 is 1.25 bits per heavy atom. The molecule has 0 bridgehead atoms. The van der Waals surface area contributed by atoms with Crippen LogP contribution in [0.5, 0.6) is 0 Å². The molecular formula is C17H14Cl2FN3O. The second kappa shape index (κ2) is 6.79. The average Bonchev–Trinajstić information content (AvgIpc) is 2.83. The summed E-state index contributed by atoms with van der Waals surface area (Å²) in [6.07, 6.45) is 2.68. The van der Waals surface area contributed by atoms with Gasteiger partial charge in [0.15, 0.2) is 0 Å². The molecule has 1 amide bonds. The summed E-state index contributed by atoms with van der Waals surface area (Å²) in [5.41, 5.74) is 1.91. The van der Waals surface area contributed by atoms with Crippen LogP contribution in [0.25, 0.3) is 5.65 Å². The molecule has 3 aromatic rings. The number of carbonyl (C=O) groups excluding carboxylic acids is 1. The minimum Gasteiger partial charge on any atom is -0.321 e. The molecule has 7 heteroatoms. The minimum absolute atomic E-state index is 0.308. The van der Waals surface area contributed by atoms with E-state index in [1.807, 2.05) is 6.92 Å². The molecule has 1 aromatic carbocycles. The fourth-order valence-corrected chi connectivity index (χ4v) is 3.06. The van der Waals surface area contributed by atoms with Crippen molar-refractivity contribution in [3.05, 3.63) is 63.8 Å². The Labute approximate surface area is 148 Å². The smallest absolute Gasteiger partial charge is 0.274 e. The summed E-state index contributed by atoms with van der Waals surface area (Å²) in [5, 5.41) is 3.57. The third-order valence-electron chi connectivity index (χ3n) is 3.48. The van der Waals surface area contributed by atoms with Gasteiger partial charge in [0.05, 0.1) is 5.69 Å².